The van der Waals surface area contributed by atoms with Gasteiger partial charge in [-0.2, -0.15) is 9.78 Å². The highest BCUT2D eigenvalue weighted by Crippen LogP contribution is 2.22. The standard InChI is InChI=1S/C29H23N3O4/c1-19-17-25(20(2)31(19)21-11-5-3-6-12-21)26(33)18-36-29(35)27-23-15-9-10-16-24(23)28(34)32(30-27)22-13-7-4-8-14-22/h3-17H,18H2,1-2H3. The molecule has 2 heterocycles. The molecule has 0 unspecified atom stereocenters. The van der Waals surface area contributed by atoms with Gasteiger partial charge in [0.1, 0.15) is 0 Å². The molecule has 0 aliphatic carbocycles. The van der Waals surface area contributed by atoms with Crippen LogP contribution in [-0.4, -0.2) is 32.7 Å². The molecular formula is C29H23N3O4. The number of ether oxygens (including phenoxy) is 1. The Balaban J connectivity index is 1.45. The monoisotopic (exact) mass is 477 g/mol. The summed E-state index contributed by atoms with van der Waals surface area (Å²) in [5.41, 5.74) is 3.23. The summed E-state index contributed by atoms with van der Waals surface area (Å²) in [7, 11) is 0. The maximum Gasteiger partial charge on any atom is 0.359 e. The number of aryl methyl sites for hydroxylation is 1. The summed E-state index contributed by atoms with van der Waals surface area (Å²) in [4.78, 5) is 39.2. The van der Waals surface area contributed by atoms with Crippen LogP contribution < -0.4 is 5.56 Å². The van der Waals surface area contributed by atoms with E-state index < -0.39 is 12.6 Å². The molecule has 0 bridgehead atoms. The molecule has 0 saturated carbocycles. The zero-order chi connectivity index (χ0) is 25.2. The number of Topliss-reactive ketones (excluding diaryl/α,β-unsaturated/α-hetero) is 1. The summed E-state index contributed by atoms with van der Waals surface area (Å²) < 4.78 is 8.58. The van der Waals surface area contributed by atoms with Gasteiger partial charge >= 0.3 is 5.97 Å². The fourth-order valence-corrected chi connectivity index (χ4v) is 4.38. The molecule has 5 aromatic rings. The molecule has 5 rings (SSSR count). The van der Waals surface area contributed by atoms with Gasteiger partial charge in [-0.25, -0.2) is 4.79 Å². The van der Waals surface area contributed by atoms with Crippen LogP contribution in [-0.2, 0) is 4.74 Å². The van der Waals surface area contributed by atoms with E-state index in [0.29, 0.717) is 22.0 Å². The van der Waals surface area contributed by atoms with E-state index in [1.807, 2.05) is 54.8 Å². The van der Waals surface area contributed by atoms with Crippen molar-refractivity contribution in [1.82, 2.24) is 14.3 Å². The lowest BCUT2D eigenvalue weighted by Crippen LogP contribution is -2.26. The number of para-hydroxylation sites is 2. The van der Waals surface area contributed by atoms with Gasteiger partial charge in [0, 0.05) is 28.0 Å². The Hall–Kier alpha value is -4.78. The first-order valence-electron chi connectivity index (χ1n) is 11.5. The number of nitrogens with zero attached hydrogens (tertiary/aromatic N) is 3. The third-order valence-electron chi connectivity index (χ3n) is 6.08. The van der Waals surface area contributed by atoms with E-state index in [4.69, 9.17) is 4.74 Å². The normalized spacial score (nSPS) is 10.9. The topological polar surface area (TPSA) is 83.2 Å². The SMILES string of the molecule is Cc1cc(C(=O)COC(=O)c2nn(-c3ccccc3)c(=O)c3ccccc23)c(C)n1-c1ccccc1. The van der Waals surface area contributed by atoms with Crippen molar-refractivity contribution >= 4 is 22.5 Å². The minimum Gasteiger partial charge on any atom is -0.452 e. The van der Waals surface area contributed by atoms with Crippen LogP contribution in [0.15, 0.2) is 95.8 Å². The second-order valence-corrected chi connectivity index (χ2v) is 8.40. The van der Waals surface area contributed by atoms with Crippen molar-refractivity contribution in [3.63, 3.8) is 0 Å². The fourth-order valence-electron chi connectivity index (χ4n) is 4.38. The second-order valence-electron chi connectivity index (χ2n) is 8.40. The molecule has 7 heteroatoms. The molecule has 36 heavy (non-hydrogen) atoms. The number of benzene rings is 3. The van der Waals surface area contributed by atoms with Crippen LogP contribution in [0.25, 0.3) is 22.1 Å². The first-order valence-corrected chi connectivity index (χ1v) is 11.5. The van der Waals surface area contributed by atoms with Gasteiger partial charge in [-0.05, 0) is 50.2 Å². The Bertz CT molecular complexity index is 1650. The first kappa shape index (κ1) is 23.0. The number of fused-ring (bicyclic) bond motifs is 1. The zero-order valence-electron chi connectivity index (χ0n) is 19.8. The van der Waals surface area contributed by atoms with Crippen molar-refractivity contribution in [3.05, 3.63) is 124 Å². The molecule has 0 amide bonds. The quantitative estimate of drug-likeness (QED) is 0.258. The molecule has 0 saturated heterocycles. The van der Waals surface area contributed by atoms with Crippen LogP contribution >= 0.6 is 0 Å². The number of rotatable bonds is 6. The predicted molar refractivity (Wildman–Crippen MR) is 137 cm³/mol. The number of carbonyl (C=O) groups excluding carboxylic acids is 2. The van der Waals surface area contributed by atoms with Crippen molar-refractivity contribution < 1.29 is 14.3 Å². The van der Waals surface area contributed by atoms with E-state index in [1.54, 1.807) is 54.6 Å². The number of hydrogen-bond donors (Lipinski definition) is 0. The van der Waals surface area contributed by atoms with Crippen molar-refractivity contribution in [1.29, 1.82) is 0 Å². The summed E-state index contributed by atoms with van der Waals surface area (Å²) in [6, 6.07) is 27.1. The van der Waals surface area contributed by atoms with E-state index in [1.165, 1.54) is 4.68 Å². The molecule has 0 aliphatic rings. The van der Waals surface area contributed by atoms with Gasteiger partial charge in [-0.1, -0.05) is 54.6 Å². The third-order valence-corrected chi connectivity index (χ3v) is 6.08. The molecular weight excluding hydrogens is 454 g/mol. The Labute approximate surface area is 207 Å². The minimum atomic E-state index is -0.777. The lowest BCUT2D eigenvalue weighted by molar-refractivity contribution is 0.0469. The molecule has 2 aromatic heterocycles. The molecule has 178 valence electrons. The second kappa shape index (κ2) is 9.46. The van der Waals surface area contributed by atoms with Crippen molar-refractivity contribution in [2.75, 3.05) is 6.61 Å². The highest BCUT2D eigenvalue weighted by Gasteiger charge is 2.22. The molecule has 0 aliphatic heterocycles. The van der Waals surface area contributed by atoms with Gasteiger partial charge in [-0.3, -0.25) is 9.59 Å². The number of esters is 1. The number of hydrogen-bond acceptors (Lipinski definition) is 5. The number of aromatic nitrogens is 3. The highest BCUT2D eigenvalue weighted by atomic mass is 16.5. The van der Waals surface area contributed by atoms with Gasteiger partial charge in [0.05, 0.1) is 11.1 Å². The van der Waals surface area contributed by atoms with E-state index in [0.717, 1.165) is 17.1 Å². The van der Waals surface area contributed by atoms with Crippen molar-refractivity contribution in [3.8, 4) is 11.4 Å². The van der Waals surface area contributed by atoms with Gasteiger partial charge < -0.3 is 9.30 Å². The molecule has 0 fully saturated rings. The minimum absolute atomic E-state index is 0.0309. The molecule has 7 nitrogen and oxygen atoms in total. The summed E-state index contributed by atoms with van der Waals surface area (Å²) in [6.07, 6.45) is 0. The molecule has 0 spiro atoms. The number of carbonyl (C=O) groups is 2. The lowest BCUT2D eigenvalue weighted by Gasteiger charge is -2.11. The van der Waals surface area contributed by atoms with Gasteiger partial charge in [0.25, 0.3) is 5.56 Å². The van der Waals surface area contributed by atoms with E-state index in [9.17, 15) is 14.4 Å². The van der Waals surface area contributed by atoms with Crippen LogP contribution in [0.5, 0.6) is 0 Å². The van der Waals surface area contributed by atoms with Crippen LogP contribution in [0.4, 0.5) is 0 Å². The average molecular weight is 478 g/mol. The molecule has 0 atom stereocenters. The Kier molecular flexibility index (Phi) is 6.04. The summed E-state index contributed by atoms with van der Waals surface area (Å²) in [5.74, 6) is -1.10. The van der Waals surface area contributed by atoms with E-state index in [2.05, 4.69) is 5.10 Å². The van der Waals surface area contributed by atoms with Gasteiger partial charge in [0.2, 0.25) is 5.78 Å². The highest BCUT2D eigenvalue weighted by molar-refractivity contribution is 6.04. The summed E-state index contributed by atoms with van der Waals surface area (Å²) in [6.45, 7) is 3.34. The van der Waals surface area contributed by atoms with Crippen LogP contribution in [0.1, 0.15) is 32.2 Å². The fraction of sp³-hybridized carbons (Fsp3) is 0.103. The van der Waals surface area contributed by atoms with E-state index in [-0.39, 0.29) is 17.0 Å². The number of ketones is 1. The predicted octanol–water partition coefficient (Wildman–Crippen LogP) is 4.83. The van der Waals surface area contributed by atoms with Gasteiger partial charge in [0.15, 0.2) is 12.3 Å². The Morgan fingerprint density at radius 2 is 1.39 bits per heavy atom. The van der Waals surface area contributed by atoms with Gasteiger partial charge in [-0.15, -0.1) is 0 Å². The Morgan fingerprint density at radius 3 is 2.06 bits per heavy atom. The third kappa shape index (κ3) is 4.11. The maximum atomic E-state index is 13.1. The molecule has 0 N–H and O–H groups in total. The summed E-state index contributed by atoms with van der Waals surface area (Å²) in [5, 5.41) is 5.02. The van der Waals surface area contributed by atoms with E-state index >= 15 is 0 Å². The van der Waals surface area contributed by atoms with Crippen LogP contribution in [0.2, 0.25) is 0 Å². The first-order chi connectivity index (χ1) is 17.5. The Morgan fingerprint density at radius 1 is 0.806 bits per heavy atom. The van der Waals surface area contributed by atoms with Crippen molar-refractivity contribution in [2.24, 2.45) is 0 Å². The lowest BCUT2D eigenvalue weighted by atomic mass is 10.1. The largest absolute Gasteiger partial charge is 0.452 e. The molecule has 0 radical (unpaired) electrons. The molecule has 3 aromatic carbocycles. The average Bonchev–Trinajstić information content (AvgIpc) is 3.22. The van der Waals surface area contributed by atoms with Crippen LogP contribution in [0, 0.1) is 13.8 Å². The van der Waals surface area contributed by atoms with Crippen molar-refractivity contribution in [2.45, 2.75) is 13.8 Å². The zero-order valence-corrected chi connectivity index (χ0v) is 19.8. The maximum absolute atomic E-state index is 13.1. The summed E-state index contributed by atoms with van der Waals surface area (Å²) >= 11 is 0. The van der Waals surface area contributed by atoms with Crippen LogP contribution in [0.3, 0.4) is 0 Å². The smallest absolute Gasteiger partial charge is 0.359 e.